The van der Waals surface area contributed by atoms with Gasteiger partial charge in [0.05, 0.1) is 25.5 Å². The van der Waals surface area contributed by atoms with Gasteiger partial charge in [-0.15, -0.1) is 0 Å². The summed E-state index contributed by atoms with van der Waals surface area (Å²) in [5.41, 5.74) is 5.00. The summed E-state index contributed by atoms with van der Waals surface area (Å²) in [6.45, 7) is 9.87. The van der Waals surface area contributed by atoms with E-state index in [1.165, 1.54) is 22.9 Å². The number of sulfonamides is 1. The Morgan fingerprint density at radius 1 is 1.29 bits per heavy atom. The minimum absolute atomic E-state index is 0.0628. The molecule has 0 aliphatic carbocycles. The molecule has 0 radical (unpaired) electrons. The molecule has 2 aliphatic rings. The first-order valence-corrected chi connectivity index (χ1v) is 10.4. The van der Waals surface area contributed by atoms with Crippen LogP contribution >= 0.6 is 0 Å². The van der Waals surface area contributed by atoms with Gasteiger partial charge >= 0.3 is 0 Å². The van der Waals surface area contributed by atoms with Crippen molar-refractivity contribution in [2.45, 2.75) is 45.2 Å². The summed E-state index contributed by atoms with van der Waals surface area (Å²) in [6, 6.07) is 4.65. The molecule has 0 bridgehead atoms. The Morgan fingerprint density at radius 3 is 2.62 bits per heavy atom. The fraction of sp³-hybridized carbons (Fsp3) is 0.667. The van der Waals surface area contributed by atoms with Crippen LogP contribution in [0.1, 0.15) is 49.1 Å². The summed E-state index contributed by atoms with van der Waals surface area (Å²) in [7, 11) is -3.17. The maximum Gasteiger partial charge on any atom is 0.211 e. The lowest BCUT2D eigenvalue weighted by Crippen LogP contribution is -2.39. The van der Waals surface area contributed by atoms with Crippen molar-refractivity contribution in [1.82, 2.24) is 9.62 Å². The van der Waals surface area contributed by atoms with Crippen LogP contribution in [0.3, 0.4) is 0 Å². The minimum Gasteiger partial charge on any atom is -0.378 e. The molecule has 0 unspecified atom stereocenters. The zero-order valence-electron chi connectivity index (χ0n) is 15.1. The minimum atomic E-state index is -3.17. The first kappa shape index (κ1) is 17.9. The Hall–Kier alpha value is -0.950. The van der Waals surface area contributed by atoms with Crippen LogP contribution in [0.2, 0.25) is 0 Å². The molecule has 1 saturated heterocycles. The molecular formula is C18H28N2O3S. The van der Waals surface area contributed by atoms with Gasteiger partial charge < -0.3 is 10.1 Å². The van der Waals surface area contributed by atoms with E-state index in [0.29, 0.717) is 19.7 Å². The Morgan fingerprint density at radius 2 is 2.04 bits per heavy atom. The number of hydrogen-bond acceptors (Lipinski definition) is 4. The van der Waals surface area contributed by atoms with Crippen LogP contribution in [0.5, 0.6) is 0 Å². The van der Waals surface area contributed by atoms with E-state index in [0.717, 1.165) is 25.1 Å². The van der Waals surface area contributed by atoms with Crippen LogP contribution in [0.15, 0.2) is 12.1 Å². The monoisotopic (exact) mass is 352 g/mol. The van der Waals surface area contributed by atoms with E-state index in [4.69, 9.17) is 4.74 Å². The van der Waals surface area contributed by atoms with Crippen molar-refractivity contribution in [2.24, 2.45) is 0 Å². The number of rotatable bonds is 2. The van der Waals surface area contributed by atoms with Crippen LogP contribution in [0.25, 0.3) is 0 Å². The van der Waals surface area contributed by atoms with Gasteiger partial charge in [-0.05, 0) is 34.1 Å². The third-order valence-corrected chi connectivity index (χ3v) is 6.22. The second kappa shape index (κ2) is 6.41. The van der Waals surface area contributed by atoms with E-state index >= 15 is 0 Å². The lowest BCUT2D eigenvalue weighted by molar-refractivity contribution is 0.0763. The summed E-state index contributed by atoms with van der Waals surface area (Å²) in [5.74, 6) is 0. The predicted molar refractivity (Wildman–Crippen MR) is 95.7 cm³/mol. The first-order valence-electron chi connectivity index (χ1n) is 8.58. The van der Waals surface area contributed by atoms with Gasteiger partial charge in [-0.25, -0.2) is 8.42 Å². The molecule has 6 heteroatoms. The highest BCUT2D eigenvalue weighted by atomic mass is 32.2. The smallest absolute Gasteiger partial charge is 0.211 e. The number of benzene rings is 1. The molecule has 0 amide bonds. The van der Waals surface area contributed by atoms with E-state index in [2.05, 4.69) is 38.2 Å². The van der Waals surface area contributed by atoms with Crippen molar-refractivity contribution < 1.29 is 13.2 Å². The molecule has 24 heavy (non-hydrogen) atoms. The molecule has 2 aliphatic heterocycles. The summed E-state index contributed by atoms with van der Waals surface area (Å²) in [6.07, 6.45) is 2.07. The number of ether oxygens (including phenoxy) is 1. The molecule has 1 atom stereocenters. The van der Waals surface area contributed by atoms with Gasteiger partial charge in [0.15, 0.2) is 0 Å². The highest BCUT2D eigenvalue weighted by molar-refractivity contribution is 7.88. The topological polar surface area (TPSA) is 58.6 Å². The summed E-state index contributed by atoms with van der Waals surface area (Å²) in [4.78, 5) is 0. The molecule has 1 fully saturated rings. The molecule has 3 rings (SSSR count). The average molecular weight is 353 g/mol. The number of nitrogens with zero attached hydrogens (tertiary/aromatic N) is 1. The number of morpholine rings is 1. The van der Waals surface area contributed by atoms with Gasteiger partial charge in [0.25, 0.3) is 0 Å². The summed E-state index contributed by atoms with van der Waals surface area (Å²) >= 11 is 0. The van der Waals surface area contributed by atoms with Crippen LogP contribution in [-0.4, -0.2) is 45.3 Å². The van der Waals surface area contributed by atoms with Crippen LogP contribution < -0.4 is 5.32 Å². The van der Waals surface area contributed by atoms with Crippen molar-refractivity contribution in [3.63, 3.8) is 0 Å². The van der Waals surface area contributed by atoms with E-state index in [-0.39, 0.29) is 11.5 Å². The quantitative estimate of drug-likeness (QED) is 0.884. The van der Waals surface area contributed by atoms with Crippen LogP contribution in [0.4, 0.5) is 0 Å². The SMILES string of the molecule is CC(C)(C)c1cc2c(c([C@@H]3COCCN3)c1)CN(S(C)(=O)=O)CC2. The second-order valence-corrected chi connectivity index (χ2v) is 9.86. The van der Waals surface area contributed by atoms with Gasteiger partial charge in [-0.1, -0.05) is 32.9 Å². The van der Waals surface area contributed by atoms with Gasteiger partial charge in [0.1, 0.15) is 0 Å². The molecule has 2 heterocycles. The van der Waals surface area contributed by atoms with Crippen LogP contribution in [-0.2, 0) is 33.1 Å². The van der Waals surface area contributed by atoms with Crippen molar-refractivity contribution in [3.8, 4) is 0 Å². The highest BCUT2D eigenvalue weighted by Gasteiger charge is 2.30. The zero-order chi connectivity index (χ0) is 17.5. The Bertz CT molecular complexity index is 717. The second-order valence-electron chi connectivity index (χ2n) is 7.88. The molecule has 0 aromatic heterocycles. The molecule has 1 aromatic rings. The Kier molecular flexibility index (Phi) is 4.77. The van der Waals surface area contributed by atoms with Crippen molar-refractivity contribution in [2.75, 3.05) is 32.6 Å². The van der Waals surface area contributed by atoms with E-state index in [1.807, 2.05) is 0 Å². The summed E-state index contributed by atoms with van der Waals surface area (Å²) < 4.78 is 31.2. The van der Waals surface area contributed by atoms with E-state index in [9.17, 15) is 8.42 Å². The molecule has 1 N–H and O–H groups in total. The van der Waals surface area contributed by atoms with E-state index in [1.54, 1.807) is 4.31 Å². The molecular weight excluding hydrogens is 324 g/mol. The maximum absolute atomic E-state index is 12.0. The lowest BCUT2D eigenvalue weighted by atomic mass is 9.81. The molecule has 1 aromatic carbocycles. The van der Waals surface area contributed by atoms with Gasteiger partial charge in [-0.2, -0.15) is 4.31 Å². The normalized spacial score (nSPS) is 23.1. The van der Waals surface area contributed by atoms with Crippen molar-refractivity contribution in [1.29, 1.82) is 0 Å². The number of nitrogens with one attached hydrogen (secondary N) is 1. The van der Waals surface area contributed by atoms with Crippen molar-refractivity contribution >= 4 is 10.0 Å². The molecule has 134 valence electrons. The Balaban J connectivity index is 2.07. The van der Waals surface area contributed by atoms with Gasteiger partial charge in [0, 0.05) is 19.6 Å². The van der Waals surface area contributed by atoms with Crippen LogP contribution in [0, 0.1) is 0 Å². The molecule has 0 saturated carbocycles. The molecule has 5 nitrogen and oxygen atoms in total. The summed E-state index contributed by atoms with van der Waals surface area (Å²) in [5, 5.41) is 3.52. The Labute approximate surface area is 145 Å². The largest absolute Gasteiger partial charge is 0.378 e. The van der Waals surface area contributed by atoms with Gasteiger partial charge in [0.2, 0.25) is 10.0 Å². The standard InChI is InChI=1S/C18H28N2O3S/c1-18(2,3)14-9-13-5-7-20(24(4,21)22)11-16(13)15(10-14)17-12-23-8-6-19-17/h9-10,17,19H,5-8,11-12H2,1-4H3/t17-/m0/s1. The maximum atomic E-state index is 12.0. The fourth-order valence-electron chi connectivity index (χ4n) is 3.47. The number of fused-ring (bicyclic) bond motifs is 1. The average Bonchev–Trinajstić information content (AvgIpc) is 2.52. The van der Waals surface area contributed by atoms with Crippen molar-refractivity contribution in [3.05, 3.63) is 34.4 Å². The number of hydrogen-bond donors (Lipinski definition) is 1. The fourth-order valence-corrected chi connectivity index (χ4v) is 4.25. The predicted octanol–water partition coefficient (Wildman–Crippen LogP) is 1.96. The molecule has 0 spiro atoms. The third-order valence-electron chi connectivity index (χ3n) is 4.97. The van der Waals surface area contributed by atoms with Gasteiger partial charge in [-0.3, -0.25) is 0 Å². The first-order chi connectivity index (χ1) is 11.2. The third kappa shape index (κ3) is 3.67. The zero-order valence-corrected chi connectivity index (χ0v) is 15.9. The highest BCUT2D eigenvalue weighted by Crippen LogP contribution is 2.34. The lowest BCUT2D eigenvalue weighted by Gasteiger charge is -2.34. The van der Waals surface area contributed by atoms with E-state index < -0.39 is 10.0 Å².